The summed E-state index contributed by atoms with van der Waals surface area (Å²) in [6, 6.07) is 6.38. The first-order chi connectivity index (χ1) is 14.9. The Bertz CT molecular complexity index is 1110. The van der Waals surface area contributed by atoms with Gasteiger partial charge in [-0.3, -0.25) is 4.98 Å². The maximum atomic E-state index is 4.87. The summed E-state index contributed by atoms with van der Waals surface area (Å²) in [7, 11) is 0. The van der Waals surface area contributed by atoms with Crippen molar-refractivity contribution in [2.75, 3.05) is 0 Å². The summed E-state index contributed by atoms with van der Waals surface area (Å²) in [4.78, 5) is 4.87. The van der Waals surface area contributed by atoms with Crippen LogP contribution in [0.1, 0.15) is 64.3 Å². The van der Waals surface area contributed by atoms with Gasteiger partial charge in [0.25, 0.3) is 0 Å². The number of pyridine rings is 1. The Kier molecular flexibility index (Phi) is 6.23. The summed E-state index contributed by atoms with van der Waals surface area (Å²) in [6.45, 7) is 13.3. The van der Waals surface area contributed by atoms with Crippen molar-refractivity contribution in [2.45, 2.75) is 52.9 Å². The Morgan fingerprint density at radius 1 is 0.935 bits per heavy atom. The van der Waals surface area contributed by atoms with Crippen molar-refractivity contribution in [1.29, 1.82) is 0 Å². The second-order valence-corrected chi connectivity index (χ2v) is 9.34. The molecule has 0 saturated carbocycles. The Balaban J connectivity index is 1.37. The molecule has 0 aromatic carbocycles. The Morgan fingerprint density at radius 2 is 1.77 bits per heavy atom. The minimum atomic E-state index is 0.449. The second-order valence-electron chi connectivity index (χ2n) is 9.34. The van der Waals surface area contributed by atoms with Crippen LogP contribution in [-0.2, 0) is 0 Å². The Morgan fingerprint density at radius 3 is 2.55 bits per heavy atom. The van der Waals surface area contributed by atoms with Gasteiger partial charge in [-0.2, -0.15) is 0 Å². The molecule has 0 aliphatic heterocycles. The van der Waals surface area contributed by atoms with Crippen LogP contribution in [0.4, 0.5) is 0 Å². The zero-order valence-electron chi connectivity index (χ0n) is 19.3. The standard InChI is InChI=1S/C30H33N/c1-20(2)24-8-6-9-25(15-14-24)28-17-16-26(22(28)5)18-23-12-13-27(19-23)30-11-7-10-29(31-30)21(3)4/h6-14,16-17,20-21H,5,15,18-19H2,1-4H3. The lowest BCUT2D eigenvalue weighted by atomic mass is 9.91. The van der Waals surface area contributed by atoms with Crippen molar-refractivity contribution in [3.63, 3.8) is 0 Å². The molecule has 1 aromatic heterocycles. The van der Waals surface area contributed by atoms with Crippen LogP contribution in [-0.4, -0.2) is 4.98 Å². The minimum absolute atomic E-state index is 0.449. The maximum absolute atomic E-state index is 4.87. The van der Waals surface area contributed by atoms with Gasteiger partial charge >= 0.3 is 0 Å². The largest absolute Gasteiger partial charge is 0.253 e. The summed E-state index contributed by atoms with van der Waals surface area (Å²) >= 11 is 0. The molecule has 3 aliphatic rings. The molecule has 0 N–H and O–H groups in total. The van der Waals surface area contributed by atoms with Gasteiger partial charge in [-0.05, 0) is 76.7 Å². The van der Waals surface area contributed by atoms with Crippen LogP contribution in [0.3, 0.4) is 0 Å². The second kappa shape index (κ2) is 9.06. The first kappa shape index (κ1) is 21.3. The lowest BCUT2D eigenvalue weighted by Crippen LogP contribution is -1.97. The van der Waals surface area contributed by atoms with Crippen LogP contribution in [0.25, 0.3) is 5.57 Å². The Labute approximate surface area is 187 Å². The van der Waals surface area contributed by atoms with Crippen molar-refractivity contribution in [1.82, 2.24) is 4.98 Å². The lowest BCUT2D eigenvalue weighted by molar-refractivity contribution is 0.787. The molecule has 0 bridgehead atoms. The molecule has 31 heavy (non-hydrogen) atoms. The van der Waals surface area contributed by atoms with Crippen molar-refractivity contribution in [2.24, 2.45) is 5.92 Å². The summed E-state index contributed by atoms with van der Waals surface area (Å²) < 4.78 is 0. The molecule has 0 unspecified atom stereocenters. The van der Waals surface area contributed by atoms with Gasteiger partial charge in [0, 0.05) is 5.69 Å². The van der Waals surface area contributed by atoms with E-state index in [2.05, 4.69) is 101 Å². The molecule has 158 valence electrons. The molecular formula is C30H33N. The van der Waals surface area contributed by atoms with E-state index in [9.17, 15) is 0 Å². The van der Waals surface area contributed by atoms with E-state index in [1.165, 1.54) is 39.0 Å². The third kappa shape index (κ3) is 4.71. The maximum Gasteiger partial charge on any atom is 0.0668 e. The predicted molar refractivity (Wildman–Crippen MR) is 134 cm³/mol. The van der Waals surface area contributed by atoms with E-state index in [0.717, 1.165) is 30.7 Å². The van der Waals surface area contributed by atoms with Gasteiger partial charge in [0.1, 0.15) is 0 Å². The van der Waals surface area contributed by atoms with E-state index >= 15 is 0 Å². The quantitative estimate of drug-likeness (QED) is 0.463. The van der Waals surface area contributed by atoms with Gasteiger partial charge in [-0.15, -0.1) is 0 Å². The van der Waals surface area contributed by atoms with Crippen LogP contribution in [0, 0.1) is 5.92 Å². The normalized spacial score (nSPS) is 18.6. The van der Waals surface area contributed by atoms with Crippen molar-refractivity contribution < 1.29 is 0 Å². The highest BCUT2D eigenvalue weighted by Gasteiger charge is 2.20. The summed E-state index contributed by atoms with van der Waals surface area (Å²) in [5, 5.41) is 0. The zero-order valence-corrected chi connectivity index (χ0v) is 19.3. The highest BCUT2D eigenvalue weighted by atomic mass is 14.7. The van der Waals surface area contributed by atoms with Crippen LogP contribution >= 0.6 is 0 Å². The van der Waals surface area contributed by atoms with Gasteiger partial charge in [-0.1, -0.05) is 94.5 Å². The fourth-order valence-electron chi connectivity index (χ4n) is 4.37. The van der Waals surface area contributed by atoms with Gasteiger partial charge in [0.15, 0.2) is 0 Å². The first-order valence-electron chi connectivity index (χ1n) is 11.5. The topological polar surface area (TPSA) is 12.9 Å². The van der Waals surface area contributed by atoms with Gasteiger partial charge < -0.3 is 0 Å². The lowest BCUT2D eigenvalue weighted by Gasteiger charge is -2.13. The van der Waals surface area contributed by atoms with Crippen LogP contribution < -0.4 is 0 Å². The summed E-state index contributed by atoms with van der Waals surface area (Å²) in [6.07, 6.45) is 21.0. The number of nitrogens with zero attached hydrogens (tertiary/aromatic N) is 1. The SMILES string of the molecule is C=C1C(CC2=CC=C(c3cccc(C(C)C)n3)C2)=CC=C1C1=CC=CC(C(C)C)=CC1. The highest BCUT2D eigenvalue weighted by molar-refractivity contribution is 5.71. The van der Waals surface area contributed by atoms with Crippen molar-refractivity contribution in [3.05, 3.63) is 118 Å². The van der Waals surface area contributed by atoms with E-state index < -0.39 is 0 Å². The molecule has 1 nitrogen and oxygen atoms in total. The van der Waals surface area contributed by atoms with E-state index in [1.807, 2.05) is 0 Å². The average Bonchev–Trinajstić information content (AvgIpc) is 3.27. The molecule has 0 radical (unpaired) electrons. The molecule has 0 amide bonds. The van der Waals surface area contributed by atoms with E-state index in [-0.39, 0.29) is 0 Å². The van der Waals surface area contributed by atoms with Crippen LogP contribution in [0.5, 0.6) is 0 Å². The highest BCUT2D eigenvalue weighted by Crippen LogP contribution is 2.39. The fraction of sp³-hybridized carbons (Fsp3) is 0.300. The molecule has 3 aliphatic carbocycles. The monoisotopic (exact) mass is 407 g/mol. The smallest absolute Gasteiger partial charge is 0.0668 e. The number of rotatable bonds is 6. The van der Waals surface area contributed by atoms with Gasteiger partial charge in [0.2, 0.25) is 0 Å². The van der Waals surface area contributed by atoms with Crippen LogP contribution in [0.2, 0.25) is 0 Å². The first-order valence-corrected chi connectivity index (χ1v) is 11.5. The Hall–Kier alpha value is -2.93. The minimum Gasteiger partial charge on any atom is -0.253 e. The van der Waals surface area contributed by atoms with E-state index in [4.69, 9.17) is 4.98 Å². The third-order valence-corrected chi connectivity index (χ3v) is 6.37. The van der Waals surface area contributed by atoms with E-state index in [0.29, 0.717) is 11.8 Å². The number of aromatic nitrogens is 1. The van der Waals surface area contributed by atoms with Crippen molar-refractivity contribution >= 4 is 5.57 Å². The fourth-order valence-corrected chi connectivity index (χ4v) is 4.37. The van der Waals surface area contributed by atoms with Crippen LogP contribution in [0.15, 0.2) is 107 Å². The summed E-state index contributed by atoms with van der Waals surface area (Å²) in [5.74, 6) is 1.01. The number of allylic oxidation sites excluding steroid dienone is 15. The number of hydrogen-bond acceptors (Lipinski definition) is 1. The molecule has 1 heteroatoms. The predicted octanol–water partition coefficient (Wildman–Crippen LogP) is 8.20. The molecular weight excluding hydrogens is 374 g/mol. The molecule has 1 heterocycles. The van der Waals surface area contributed by atoms with Gasteiger partial charge in [-0.25, -0.2) is 0 Å². The third-order valence-electron chi connectivity index (χ3n) is 6.37. The molecule has 0 atom stereocenters. The average molecular weight is 408 g/mol. The van der Waals surface area contributed by atoms with Crippen molar-refractivity contribution in [3.8, 4) is 0 Å². The number of hydrogen-bond donors (Lipinski definition) is 0. The zero-order chi connectivity index (χ0) is 22.0. The molecule has 1 aromatic rings. The molecule has 0 fully saturated rings. The molecule has 4 rings (SSSR count). The summed E-state index contributed by atoms with van der Waals surface area (Å²) in [5.41, 5.74) is 11.6. The van der Waals surface area contributed by atoms with Gasteiger partial charge in [0.05, 0.1) is 5.69 Å². The van der Waals surface area contributed by atoms with E-state index in [1.54, 1.807) is 0 Å². The molecule has 0 saturated heterocycles. The molecule has 0 spiro atoms.